The van der Waals surface area contributed by atoms with Crippen LogP contribution in [0.1, 0.15) is 0 Å². The molecule has 0 spiro atoms. The molecule has 3 saturated heterocycles. The number of fused-ring (bicyclic) bond motifs is 3. The van der Waals surface area contributed by atoms with Gasteiger partial charge in [0.1, 0.15) is 12.1 Å². The molecule has 8 heteroatoms. The Hall–Kier alpha value is -1.80. The Morgan fingerprint density at radius 1 is 0.778 bits per heavy atom. The lowest BCUT2D eigenvalue weighted by Gasteiger charge is -2.48. The van der Waals surface area contributed by atoms with E-state index in [2.05, 4.69) is 10.6 Å². The number of hydrogen-bond donors (Lipinski definition) is 2. The van der Waals surface area contributed by atoms with Crippen LogP contribution < -0.4 is 10.6 Å². The van der Waals surface area contributed by atoms with Gasteiger partial charge < -0.3 is 0 Å². The number of carbonyl (C=O) groups is 4. The van der Waals surface area contributed by atoms with Crippen molar-refractivity contribution in [3.05, 3.63) is 0 Å². The van der Waals surface area contributed by atoms with Crippen LogP contribution in [0.5, 0.6) is 0 Å². The van der Waals surface area contributed by atoms with E-state index < -0.39 is 23.9 Å². The lowest BCUT2D eigenvalue weighted by molar-refractivity contribution is -0.157. The summed E-state index contributed by atoms with van der Waals surface area (Å²) < 4.78 is 0. The van der Waals surface area contributed by atoms with Crippen LogP contribution in [0.25, 0.3) is 0 Å². The van der Waals surface area contributed by atoms with Crippen LogP contribution >= 0.6 is 0 Å². The molecule has 8 nitrogen and oxygen atoms in total. The number of rotatable bonds is 0. The van der Waals surface area contributed by atoms with E-state index in [4.69, 9.17) is 0 Å². The van der Waals surface area contributed by atoms with Crippen LogP contribution in [0.15, 0.2) is 0 Å². The summed E-state index contributed by atoms with van der Waals surface area (Å²) in [5.41, 5.74) is 0. The lowest BCUT2D eigenvalue weighted by Crippen LogP contribution is -2.75. The lowest BCUT2D eigenvalue weighted by atomic mass is 9.96. The van der Waals surface area contributed by atoms with Crippen LogP contribution in [0, 0.1) is 0 Å². The average Bonchev–Trinajstić information content (AvgIpc) is 2.28. The Labute approximate surface area is 102 Å². The second-order valence-electron chi connectivity index (χ2n) is 4.66. The molecule has 0 radical (unpaired) electrons. The molecular formula is C10H12N4O4. The zero-order chi connectivity index (χ0) is 12.9. The molecule has 0 aromatic carbocycles. The zero-order valence-electron chi connectivity index (χ0n) is 9.51. The number of carbonyl (C=O) groups excluding carboxylic acids is 4. The van der Waals surface area contributed by atoms with Gasteiger partial charge in [0.25, 0.3) is 0 Å². The zero-order valence-corrected chi connectivity index (χ0v) is 9.51. The van der Waals surface area contributed by atoms with Gasteiger partial charge in [0.2, 0.25) is 23.6 Å². The third-order valence-electron chi connectivity index (χ3n) is 3.52. The summed E-state index contributed by atoms with van der Waals surface area (Å²) >= 11 is 0. The predicted molar refractivity (Wildman–Crippen MR) is 57.0 cm³/mol. The first kappa shape index (κ1) is 11.3. The summed E-state index contributed by atoms with van der Waals surface area (Å²) in [4.78, 5) is 49.7. The fraction of sp³-hybridized carbons (Fsp3) is 0.600. The van der Waals surface area contributed by atoms with Gasteiger partial charge in [-0.25, -0.2) is 0 Å². The monoisotopic (exact) mass is 252 g/mol. The highest BCUT2D eigenvalue weighted by Crippen LogP contribution is 2.21. The van der Waals surface area contributed by atoms with Crippen molar-refractivity contribution in [1.29, 1.82) is 0 Å². The SMILES string of the molecule is O=C1CN2CCN3CC(=O)NC(=O)[C@@H]3[C@H]2C(=O)N1. The van der Waals surface area contributed by atoms with Crippen LogP contribution in [0.2, 0.25) is 0 Å². The summed E-state index contributed by atoms with van der Waals surface area (Å²) in [6.07, 6.45) is 0. The van der Waals surface area contributed by atoms with Gasteiger partial charge in [0, 0.05) is 13.1 Å². The van der Waals surface area contributed by atoms with Gasteiger partial charge >= 0.3 is 0 Å². The van der Waals surface area contributed by atoms with Crippen molar-refractivity contribution in [2.75, 3.05) is 26.2 Å². The topological polar surface area (TPSA) is 98.8 Å². The van der Waals surface area contributed by atoms with E-state index in [1.807, 2.05) is 0 Å². The van der Waals surface area contributed by atoms with Crippen molar-refractivity contribution < 1.29 is 19.2 Å². The molecule has 4 amide bonds. The normalized spacial score (nSPS) is 33.6. The standard InChI is InChI=1S/C10H12N4O4/c15-5-3-13-1-2-14-4-6(16)12-10(18)8(14)7(13)9(17)11-5/h7-8H,1-4H2,(H,11,15,17)(H,12,16,18)/t7-,8-/m0/s1. The quantitative estimate of drug-likeness (QED) is 0.437. The second-order valence-corrected chi connectivity index (χ2v) is 4.66. The number of piperazine rings is 3. The minimum absolute atomic E-state index is 0.113. The Morgan fingerprint density at radius 3 is 1.56 bits per heavy atom. The number of hydrogen-bond acceptors (Lipinski definition) is 6. The van der Waals surface area contributed by atoms with Gasteiger partial charge in [0.05, 0.1) is 13.1 Å². The molecule has 96 valence electrons. The third-order valence-corrected chi connectivity index (χ3v) is 3.52. The minimum atomic E-state index is -0.690. The van der Waals surface area contributed by atoms with Crippen LogP contribution in [0.3, 0.4) is 0 Å². The molecular weight excluding hydrogens is 240 g/mol. The van der Waals surface area contributed by atoms with E-state index >= 15 is 0 Å². The van der Waals surface area contributed by atoms with Crippen molar-refractivity contribution in [2.24, 2.45) is 0 Å². The van der Waals surface area contributed by atoms with Crippen molar-refractivity contribution in [3.8, 4) is 0 Å². The minimum Gasteiger partial charge on any atom is -0.294 e. The van der Waals surface area contributed by atoms with Crippen LogP contribution in [-0.4, -0.2) is 71.7 Å². The highest BCUT2D eigenvalue weighted by atomic mass is 16.2. The molecule has 0 aliphatic carbocycles. The molecule has 3 rings (SSSR count). The largest absolute Gasteiger partial charge is 0.294 e. The van der Waals surface area contributed by atoms with Crippen LogP contribution in [0.4, 0.5) is 0 Å². The molecule has 0 bridgehead atoms. The maximum atomic E-state index is 11.9. The predicted octanol–water partition coefficient (Wildman–Crippen LogP) is -3.35. The number of nitrogens with one attached hydrogen (secondary N) is 2. The first-order chi connectivity index (χ1) is 8.56. The van der Waals surface area contributed by atoms with Crippen LogP contribution in [-0.2, 0) is 19.2 Å². The summed E-state index contributed by atoms with van der Waals surface area (Å²) in [6.45, 7) is 1.23. The Morgan fingerprint density at radius 2 is 1.17 bits per heavy atom. The smallest absolute Gasteiger partial charge is 0.246 e. The molecule has 0 aromatic rings. The summed E-state index contributed by atoms with van der Waals surface area (Å²) in [5.74, 6) is -1.63. The average molecular weight is 252 g/mol. The molecule has 3 aliphatic rings. The van der Waals surface area contributed by atoms with E-state index in [0.717, 1.165) is 0 Å². The first-order valence-electron chi connectivity index (χ1n) is 5.72. The van der Waals surface area contributed by atoms with E-state index in [9.17, 15) is 19.2 Å². The molecule has 0 saturated carbocycles. The Bertz CT molecular complexity index is 421. The fourth-order valence-corrected chi connectivity index (χ4v) is 2.78. The van der Waals surface area contributed by atoms with Crippen molar-refractivity contribution in [1.82, 2.24) is 20.4 Å². The molecule has 3 fully saturated rings. The van der Waals surface area contributed by atoms with Gasteiger partial charge in [-0.2, -0.15) is 0 Å². The van der Waals surface area contributed by atoms with Gasteiger partial charge in [-0.1, -0.05) is 0 Å². The van der Waals surface area contributed by atoms with Gasteiger partial charge in [0.15, 0.2) is 0 Å². The number of amides is 4. The molecule has 3 heterocycles. The molecule has 18 heavy (non-hydrogen) atoms. The summed E-state index contributed by atoms with van der Waals surface area (Å²) in [7, 11) is 0. The Balaban J connectivity index is 1.91. The van der Waals surface area contributed by atoms with Gasteiger partial charge in [-0.15, -0.1) is 0 Å². The maximum Gasteiger partial charge on any atom is 0.246 e. The van der Waals surface area contributed by atoms with Gasteiger partial charge in [-0.3, -0.25) is 39.6 Å². The van der Waals surface area contributed by atoms with E-state index in [1.54, 1.807) is 9.80 Å². The summed E-state index contributed by atoms with van der Waals surface area (Å²) in [5, 5.41) is 4.46. The first-order valence-corrected chi connectivity index (χ1v) is 5.72. The number of nitrogens with zero attached hydrogens (tertiary/aromatic N) is 2. The molecule has 0 aromatic heterocycles. The maximum absolute atomic E-state index is 11.9. The van der Waals surface area contributed by atoms with Gasteiger partial charge in [-0.05, 0) is 0 Å². The van der Waals surface area contributed by atoms with E-state index in [-0.39, 0.29) is 24.9 Å². The second kappa shape index (κ2) is 3.85. The third kappa shape index (κ3) is 1.61. The molecule has 3 aliphatic heterocycles. The van der Waals surface area contributed by atoms with Crippen molar-refractivity contribution >= 4 is 23.6 Å². The highest BCUT2D eigenvalue weighted by Gasteiger charge is 2.50. The summed E-state index contributed by atoms with van der Waals surface area (Å²) in [6, 6.07) is -1.38. The molecule has 0 unspecified atom stereocenters. The number of imide groups is 2. The fourth-order valence-electron chi connectivity index (χ4n) is 2.78. The van der Waals surface area contributed by atoms with Crippen molar-refractivity contribution in [3.63, 3.8) is 0 Å². The highest BCUT2D eigenvalue weighted by molar-refractivity contribution is 6.07. The van der Waals surface area contributed by atoms with E-state index in [0.29, 0.717) is 13.1 Å². The molecule has 2 atom stereocenters. The Kier molecular flexibility index (Phi) is 2.42. The van der Waals surface area contributed by atoms with Crippen molar-refractivity contribution in [2.45, 2.75) is 12.1 Å². The molecule has 2 N–H and O–H groups in total. The van der Waals surface area contributed by atoms with E-state index in [1.165, 1.54) is 0 Å².